The first-order valence-corrected chi connectivity index (χ1v) is 15.1. The summed E-state index contributed by atoms with van der Waals surface area (Å²) in [5.41, 5.74) is 2.01. The first kappa shape index (κ1) is 40.2. The van der Waals surface area contributed by atoms with Crippen LogP contribution in [0.4, 0.5) is 32.2 Å². The summed E-state index contributed by atoms with van der Waals surface area (Å²) in [6, 6.07) is 15.8. The number of alkyl halides is 6. The highest BCUT2D eigenvalue weighted by molar-refractivity contribution is 5.80. The number of piperidine rings is 1. The number of unbranched alkanes of at least 4 members (excludes halogenated alkanes) is 2. The summed E-state index contributed by atoms with van der Waals surface area (Å²) < 4.78 is 63.5. The molecule has 2 atom stereocenters. The number of Topliss-reactive ketones (excluding diaryl/α,β-unsaturated/α-hetero) is 1. The van der Waals surface area contributed by atoms with Crippen LogP contribution in [-0.2, 0) is 19.2 Å². The molecule has 17 heteroatoms. The van der Waals surface area contributed by atoms with Gasteiger partial charge in [0.2, 0.25) is 5.91 Å². The number of amides is 1. The number of carboxylic acids is 2. The number of aromatic amines is 1. The van der Waals surface area contributed by atoms with Crippen LogP contribution in [0, 0.1) is 5.92 Å². The number of nitrogens with zero attached hydrogens (tertiary/aromatic N) is 3. The molecule has 49 heavy (non-hydrogen) atoms. The third kappa shape index (κ3) is 14.8. The molecule has 0 bridgehead atoms. The van der Waals surface area contributed by atoms with Crippen LogP contribution >= 0.6 is 0 Å². The van der Waals surface area contributed by atoms with Gasteiger partial charge in [0.25, 0.3) is 0 Å². The summed E-state index contributed by atoms with van der Waals surface area (Å²) in [6.07, 6.45) is -0.559. The van der Waals surface area contributed by atoms with E-state index in [4.69, 9.17) is 19.8 Å². The zero-order chi connectivity index (χ0) is 36.6. The lowest BCUT2D eigenvalue weighted by Gasteiger charge is -2.33. The van der Waals surface area contributed by atoms with Crippen molar-refractivity contribution in [1.29, 1.82) is 0 Å². The molecular weight excluding hydrogens is 664 g/mol. The van der Waals surface area contributed by atoms with Gasteiger partial charge in [0.05, 0.1) is 23.9 Å². The van der Waals surface area contributed by atoms with Gasteiger partial charge >= 0.3 is 24.3 Å². The molecule has 1 saturated heterocycles. The first-order chi connectivity index (χ1) is 23.0. The number of halogens is 6. The second-order valence-corrected chi connectivity index (χ2v) is 11.0. The summed E-state index contributed by atoms with van der Waals surface area (Å²) >= 11 is 0. The Balaban J connectivity index is 0.000000500. The Morgan fingerprint density at radius 2 is 1.53 bits per heavy atom. The third-order valence-electron chi connectivity index (χ3n) is 7.10. The van der Waals surface area contributed by atoms with E-state index >= 15 is 0 Å². The number of carbonyl (C=O) groups excluding carboxylic acids is 2. The van der Waals surface area contributed by atoms with Gasteiger partial charge in [0.15, 0.2) is 0 Å². The number of H-pyrrole nitrogens is 1. The van der Waals surface area contributed by atoms with Crippen molar-refractivity contribution in [3.63, 3.8) is 0 Å². The van der Waals surface area contributed by atoms with Crippen molar-refractivity contribution >= 4 is 29.4 Å². The molecule has 0 aliphatic carbocycles. The molecule has 1 unspecified atom stereocenters. The fraction of sp³-hybridized carbons (Fsp3) is 0.438. The number of benzene rings is 1. The molecule has 1 aliphatic rings. The minimum atomic E-state index is -5.08. The second-order valence-electron chi connectivity index (χ2n) is 11.0. The van der Waals surface area contributed by atoms with Crippen molar-refractivity contribution < 1.29 is 55.7 Å². The van der Waals surface area contributed by atoms with Crippen LogP contribution < -0.4 is 10.2 Å². The summed E-state index contributed by atoms with van der Waals surface area (Å²) in [5.74, 6) is -3.61. The SMILES string of the molecule is CC(=O)CCCCC[C@H](NC(=O)C1CCCN(c2ccccn2)C1)c1ncc(-c2ccccc2)[nH]1.O=C(O)C(F)(F)F.O=C(O)C(F)(F)F. The predicted molar refractivity (Wildman–Crippen MR) is 165 cm³/mol. The van der Waals surface area contributed by atoms with Crippen molar-refractivity contribution in [2.75, 3.05) is 18.0 Å². The van der Waals surface area contributed by atoms with Crippen molar-refractivity contribution in [1.82, 2.24) is 20.3 Å². The standard InChI is InChI=1S/C28H35N5O2.2C2HF3O2/c1-21(34)11-4-2-7-15-24(27-30-19-25(31-27)22-12-5-3-6-13-22)32-28(35)23-14-10-18-33(20-23)26-16-8-9-17-29-26;2*3-2(4,5)1(6)7/h3,5-6,8-9,12-13,16-17,19,23-24H,2,4,7,10-11,14-15,18,20H2,1H3,(H,30,31)(H,32,35);2*(H,6,7)/t23?,24-;;/m0../s1. The van der Waals surface area contributed by atoms with E-state index in [2.05, 4.69) is 25.2 Å². The van der Waals surface area contributed by atoms with Gasteiger partial charge in [-0.3, -0.25) is 4.79 Å². The monoisotopic (exact) mass is 701 g/mol. The molecule has 2 aromatic heterocycles. The topological polar surface area (TPSA) is 166 Å². The second kappa shape index (κ2) is 19.1. The number of imidazole rings is 1. The van der Waals surface area contributed by atoms with E-state index in [-0.39, 0.29) is 23.7 Å². The molecule has 4 rings (SSSR count). The molecule has 268 valence electrons. The number of ketones is 1. The van der Waals surface area contributed by atoms with E-state index in [1.807, 2.05) is 54.7 Å². The average molecular weight is 702 g/mol. The van der Waals surface area contributed by atoms with Gasteiger partial charge in [-0.15, -0.1) is 0 Å². The van der Waals surface area contributed by atoms with E-state index < -0.39 is 24.3 Å². The molecule has 0 saturated carbocycles. The summed E-state index contributed by atoms with van der Waals surface area (Å²) in [7, 11) is 0. The minimum Gasteiger partial charge on any atom is -0.475 e. The maximum atomic E-state index is 13.4. The average Bonchev–Trinajstić information content (AvgIpc) is 3.55. The summed E-state index contributed by atoms with van der Waals surface area (Å²) in [6.45, 7) is 3.22. The number of carbonyl (C=O) groups is 4. The fourth-order valence-corrected chi connectivity index (χ4v) is 4.68. The highest BCUT2D eigenvalue weighted by Gasteiger charge is 2.39. The van der Waals surface area contributed by atoms with Gasteiger partial charge in [0.1, 0.15) is 17.4 Å². The van der Waals surface area contributed by atoms with Gasteiger partial charge in [-0.05, 0) is 50.3 Å². The number of rotatable bonds is 11. The van der Waals surface area contributed by atoms with Gasteiger partial charge in [-0.2, -0.15) is 26.3 Å². The first-order valence-electron chi connectivity index (χ1n) is 15.1. The Bertz CT molecular complexity index is 1460. The van der Waals surface area contributed by atoms with Gasteiger partial charge in [-0.1, -0.05) is 49.2 Å². The van der Waals surface area contributed by atoms with E-state index in [1.54, 1.807) is 13.1 Å². The van der Waals surface area contributed by atoms with Crippen LogP contribution in [0.2, 0.25) is 0 Å². The normalized spacial score (nSPS) is 15.1. The Hall–Kier alpha value is -4.96. The largest absolute Gasteiger partial charge is 0.490 e. The number of nitrogens with one attached hydrogen (secondary N) is 2. The highest BCUT2D eigenvalue weighted by atomic mass is 19.4. The molecule has 1 aliphatic heterocycles. The van der Waals surface area contributed by atoms with Gasteiger partial charge < -0.3 is 30.2 Å². The van der Waals surface area contributed by atoms with E-state index in [0.717, 1.165) is 68.0 Å². The number of aromatic nitrogens is 3. The molecule has 11 nitrogen and oxygen atoms in total. The molecule has 1 aromatic carbocycles. The lowest BCUT2D eigenvalue weighted by molar-refractivity contribution is -0.193. The third-order valence-corrected chi connectivity index (χ3v) is 7.10. The summed E-state index contributed by atoms with van der Waals surface area (Å²) in [4.78, 5) is 57.2. The predicted octanol–water partition coefficient (Wildman–Crippen LogP) is 6.35. The number of aliphatic carboxylic acids is 2. The highest BCUT2D eigenvalue weighted by Crippen LogP contribution is 2.26. The lowest BCUT2D eigenvalue weighted by atomic mass is 9.96. The fourth-order valence-electron chi connectivity index (χ4n) is 4.68. The number of anilines is 1. The van der Waals surface area contributed by atoms with Crippen LogP contribution in [0.25, 0.3) is 11.3 Å². The Morgan fingerprint density at radius 1 is 0.918 bits per heavy atom. The zero-order valence-corrected chi connectivity index (χ0v) is 26.4. The molecule has 0 spiro atoms. The Morgan fingerprint density at radius 3 is 2.08 bits per heavy atom. The Labute approximate surface area is 277 Å². The number of pyridine rings is 1. The molecule has 3 heterocycles. The smallest absolute Gasteiger partial charge is 0.475 e. The van der Waals surface area contributed by atoms with Crippen LogP contribution in [0.15, 0.2) is 60.9 Å². The quantitative estimate of drug-likeness (QED) is 0.132. The molecule has 1 fully saturated rings. The van der Waals surface area contributed by atoms with Crippen LogP contribution in [0.3, 0.4) is 0 Å². The Kier molecular flexibility index (Phi) is 15.7. The number of carboxylic acid groups (broad SMARTS) is 2. The number of hydrogen-bond acceptors (Lipinski definition) is 7. The van der Waals surface area contributed by atoms with Crippen LogP contribution in [0.5, 0.6) is 0 Å². The molecule has 3 aromatic rings. The minimum absolute atomic E-state index is 0.0667. The van der Waals surface area contributed by atoms with Gasteiger partial charge in [-0.25, -0.2) is 19.6 Å². The van der Waals surface area contributed by atoms with Crippen molar-refractivity contribution in [2.24, 2.45) is 5.92 Å². The molecule has 0 radical (unpaired) electrons. The maximum absolute atomic E-state index is 13.4. The lowest BCUT2D eigenvalue weighted by Crippen LogP contribution is -2.44. The van der Waals surface area contributed by atoms with E-state index in [9.17, 15) is 35.9 Å². The van der Waals surface area contributed by atoms with E-state index in [0.29, 0.717) is 13.0 Å². The van der Waals surface area contributed by atoms with Crippen molar-refractivity contribution in [2.45, 2.75) is 70.3 Å². The maximum Gasteiger partial charge on any atom is 0.490 e. The van der Waals surface area contributed by atoms with Crippen LogP contribution in [0.1, 0.15) is 63.7 Å². The van der Waals surface area contributed by atoms with Crippen molar-refractivity contribution in [3.8, 4) is 11.3 Å². The number of hydrogen-bond donors (Lipinski definition) is 4. The summed E-state index contributed by atoms with van der Waals surface area (Å²) in [5, 5.41) is 17.5. The van der Waals surface area contributed by atoms with E-state index in [1.165, 1.54) is 0 Å². The molecule has 1 amide bonds. The molecular formula is C32H37F6N5O6. The van der Waals surface area contributed by atoms with Crippen molar-refractivity contribution in [3.05, 3.63) is 66.7 Å². The van der Waals surface area contributed by atoms with Crippen LogP contribution in [-0.4, -0.2) is 74.2 Å². The zero-order valence-electron chi connectivity index (χ0n) is 26.4. The molecule has 4 N–H and O–H groups in total. The van der Waals surface area contributed by atoms with Gasteiger partial charge in [0, 0.05) is 25.7 Å².